The number of benzene rings is 1. The predicted octanol–water partition coefficient (Wildman–Crippen LogP) is 4.12. The summed E-state index contributed by atoms with van der Waals surface area (Å²) in [6.45, 7) is 1.84. The van der Waals surface area contributed by atoms with Gasteiger partial charge in [0.25, 0.3) is 0 Å². The summed E-state index contributed by atoms with van der Waals surface area (Å²) < 4.78 is 40.3. The Morgan fingerprint density at radius 2 is 2.11 bits per heavy atom. The fourth-order valence-corrected chi connectivity index (χ4v) is 1.86. The summed E-state index contributed by atoms with van der Waals surface area (Å²) in [5.74, 6) is 0.211. The number of hydrogen-bond acceptors (Lipinski definition) is 3. The van der Waals surface area contributed by atoms with Crippen LogP contribution in [0.3, 0.4) is 0 Å². The molecule has 0 atom stereocenters. The number of alkyl halides is 3. The van der Waals surface area contributed by atoms with E-state index in [0.717, 1.165) is 5.69 Å². The molecule has 1 aromatic heterocycles. The van der Waals surface area contributed by atoms with Crippen LogP contribution in [0.15, 0.2) is 28.9 Å². The number of aromatic nitrogens is 2. The summed E-state index contributed by atoms with van der Waals surface area (Å²) >= 11 is 3.02. The zero-order valence-corrected chi connectivity index (χ0v) is 11.3. The topological polar surface area (TPSA) is 49.9 Å². The Kier molecular flexibility index (Phi) is 3.70. The van der Waals surface area contributed by atoms with Crippen molar-refractivity contribution >= 4 is 27.6 Å². The molecular weight excluding hydrogens is 327 g/mol. The summed E-state index contributed by atoms with van der Waals surface area (Å²) in [6, 6.07) is 4.15. The summed E-state index contributed by atoms with van der Waals surface area (Å²) in [6.07, 6.45) is -3.08. The van der Waals surface area contributed by atoms with Crippen molar-refractivity contribution in [3.8, 4) is 5.75 Å². The van der Waals surface area contributed by atoms with Crippen LogP contribution in [0.5, 0.6) is 5.75 Å². The van der Waals surface area contributed by atoms with Gasteiger partial charge in [0.15, 0.2) is 0 Å². The standard InChI is InChI=1S/C11H9BrF3N3O/c1-6-5-16-10(17-6)18-7-2-3-9(8(12)4-7)19-11(13,14)15/h2-5H,1H3,(H2,16,17,18). The van der Waals surface area contributed by atoms with Gasteiger partial charge in [-0.3, -0.25) is 0 Å². The minimum Gasteiger partial charge on any atom is -0.405 e. The third-order valence-electron chi connectivity index (χ3n) is 2.12. The molecule has 4 nitrogen and oxygen atoms in total. The van der Waals surface area contributed by atoms with Gasteiger partial charge >= 0.3 is 6.36 Å². The van der Waals surface area contributed by atoms with Crippen LogP contribution < -0.4 is 10.1 Å². The number of ether oxygens (including phenoxy) is 1. The fourth-order valence-electron chi connectivity index (χ4n) is 1.40. The molecule has 0 saturated carbocycles. The van der Waals surface area contributed by atoms with Crippen molar-refractivity contribution in [2.45, 2.75) is 13.3 Å². The van der Waals surface area contributed by atoms with Gasteiger partial charge in [-0.05, 0) is 41.1 Å². The first-order valence-corrected chi connectivity index (χ1v) is 5.97. The number of hydrogen-bond donors (Lipinski definition) is 2. The highest BCUT2D eigenvalue weighted by Crippen LogP contribution is 2.32. The number of H-pyrrole nitrogens is 1. The van der Waals surface area contributed by atoms with Crippen LogP contribution in [-0.4, -0.2) is 16.3 Å². The van der Waals surface area contributed by atoms with E-state index in [-0.39, 0.29) is 10.2 Å². The summed E-state index contributed by atoms with van der Waals surface area (Å²) in [5.41, 5.74) is 1.45. The van der Waals surface area contributed by atoms with Gasteiger partial charge in [-0.1, -0.05) is 0 Å². The minimum atomic E-state index is -4.71. The highest BCUT2D eigenvalue weighted by atomic mass is 79.9. The molecule has 1 heterocycles. The van der Waals surface area contributed by atoms with Crippen molar-refractivity contribution in [3.63, 3.8) is 0 Å². The van der Waals surface area contributed by atoms with E-state index in [1.54, 1.807) is 6.20 Å². The van der Waals surface area contributed by atoms with E-state index in [1.165, 1.54) is 18.2 Å². The van der Waals surface area contributed by atoms with E-state index < -0.39 is 6.36 Å². The Labute approximate surface area is 115 Å². The third-order valence-corrected chi connectivity index (χ3v) is 2.74. The first kappa shape index (κ1) is 13.7. The fraction of sp³-hybridized carbons (Fsp3) is 0.182. The van der Waals surface area contributed by atoms with Crippen LogP contribution in [0, 0.1) is 6.92 Å². The Bertz CT molecular complexity index is 583. The van der Waals surface area contributed by atoms with Gasteiger partial charge in [-0.15, -0.1) is 13.2 Å². The Hall–Kier alpha value is -1.70. The lowest BCUT2D eigenvalue weighted by Gasteiger charge is -2.11. The smallest absolute Gasteiger partial charge is 0.405 e. The van der Waals surface area contributed by atoms with Gasteiger partial charge in [0.1, 0.15) is 5.75 Å². The zero-order chi connectivity index (χ0) is 14.0. The molecule has 19 heavy (non-hydrogen) atoms. The second kappa shape index (κ2) is 5.12. The molecule has 102 valence electrons. The number of nitrogens with one attached hydrogen (secondary N) is 2. The molecule has 0 aliphatic rings. The Morgan fingerprint density at radius 1 is 1.37 bits per heavy atom. The first-order valence-electron chi connectivity index (χ1n) is 5.17. The van der Waals surface area contributed by atoms with Gasteiger partial charge in [0.2, 0.25) is 5.95 Å². The number of rotatable bonds is 3. The van der Waals surface area contributed by atoms with Gasteiger partial charge in [0.05, 0.1) is 4.47 Å². The van der Waals surface area contributed by atoms with E-state index >= 15 is 0 Å². The lowest BCUT2D eigenvalue weighted by molar-refractivity contribution is -0.274. The van der Waals surface area contributed by atoms with Crippen molar-refractivity contribution in [2.24, 2.45) is 0 Å². The molecule has 1 aromatic carbocycles. The van der Waals surface area contributed by atoms with Crippen LogP contribution in [0.4, 0.5) is 24.8 Å². The number of aryl methyl sites for hydroxylation is 1. The number of halogens is 4. The van der Waals surface area contributed by atoms with E-state index in [9.17, 15) is 13.2 Å². The molecule has 2 aromatic rings. The molecule has 0 amide bonds. The quantitative estimate of drug-likeness (QED) is 0.886. The normalized spacial score (nSPS) is 11.4. The average molecular weight is 336 g/mol. The van der Waals surface area contributed by atoms with Gasteiger partial charge in [-0.2, -0.15) is 0 Å². The number of imidazole rings is 1. The second-order valence-electron chi connectivity index (χ2n) is 3.73. The van der Waals surface area contributed by atoms with Crippen LogP contribution in [0.1, 0.15) is 5.69 Å². The molecule has 0 spiro atoms. The van der Waals surface area contributed by atoms with Crippen LogP contribution in [0.25, 0.3) is 0 Å². The Morgan fingerprint density at radius 3 is 2.63 bits per heavy atom. The molecule has 0 unspecified atom stereocenters. The highest BCUT2D eigenvalue weighted by molar-refractivity contribution is 9.10. The van der Waals surface area contributed by atoms with Crippen LogP contribution in [-0.2, 0) is 0 Å². The number of aromatic amines is 1. The van der Waals surface area contributed by atoms with Crippen molar-refractivity contribution in [3.05, 3.63) is 34.6 Å². The van der Waals surface area contributed by atoms with Gasteiger partial charge in [-0.25, -0.2) is 4.98 Å². The van der Waals surface area contributed by atoms with E-state index in [2.05, 4.69) is 36.0 Å². The lowest BCUT2D eigenvalue weighted by atomic mass is 10.3. The molecule has 0 bridgehead atoms. The second-order valence-corrected chi connectivity index (χ2v) is 4.59. The molecule has 0 aliphatic carbocycles. The molecule has 0 saturated heterocycles. The van der Waals surface area contributed by atoms with Crippen molar-refractivity contribution in [2.75, 3.05) is 5.32 Å². The summed E-state index contributed by atoms with van der Waals surface area (Å²) in [7, 11) is 0. The van der Waals surface area contributed by atoms with E-state index in [4.69, 9.17) is 0 Å². The van der Waals surface area contributed by atoms with E-state index in [0.29, 0.717) is 11.6 Å². The Balaban J connectivity index is 2.14. The van der Waals surface area contributed by atoms with Crippen molar-refractivity contribution in [1.29, 1.82) is 0 Å². The first-order chi connectivity index (χ1) is 8.83. The minimum absolute atomic E-state index is 0.193. The maximum Gasteiger partial charge on any atom is 0.573 e. The molecule has 2 rings (SSSR count). The monoisotopic (exact) mass is 335 g/mol. The molecule has 0 fully saturated rings. The summed E-state index contributed by atoms with van der Waals surface area (Å²) in [4.78, 5) is 6.98. The summed E-state index contributed by atoms with van der Waals surface area (Å²) in [5, 5.41) is 2.92. The maximum absolute atomic E-state index is 12.1. The average Bonchev–Trinajstić information content (AvgIpc) is 2.66. The zero-order valence-electron chi connectivity index (χ0n) is 9.68. The number of anilines is 2. The predicted molar refractivity (Wildman–Crippen MR) is 67.4 cm³/mol. The van der Waals surface area contributed by atoms with Gasteiger partial charge in [0, 0.05) is 17.6 Å². The molecule has 0 radical (unpaired) electrons. The van der Waals surface area contributed by atoms with Crippen molar-refractivity contribution in [1.82, 2.24) is 9.97 Å². The number of nitrogens with zero attached hydrogens (tertiary/aromatic N) is 1. The molecule has 8 heteroatoms. The maximum atomic E-state index is 12.1. The van der Waals surface area contributed by atoms with Crippen LogP contribution in [0.2, 0.25) is 0 Å². The third kappa shape index (κ3) is 3.88. The largest absolute Gasteiger partial charge is 0.573 e. The molecule has 0 aliphatic heterocycles. The van der Waals surface area contributed by atoms with Crippen molar-refractivity contribution < 1.29 is 17.9 Å². The highest BCUT2D eigenvalue weighted by Gasteiger charge is 2.31. The SMILES string of the molecule is Cc1cnc(Nc2ccc(OC(F)(F)F)c(Br)c2)[nH]1. The molecular formula is C11H9BrF3N3O. The van der Waals surface area contributed by atoms with E-state index in [1.807, 2.05) is 6.92 Å². The van der Waals surface area contributed by atoms with Crippen LogP contribution >= 0.6 is 15.9 Å². The lowest BCUT2D eigenvalue weighted by Crippen LogP contribution is -2.17. The molecule has 2 N–H and O–H groups in total. The van der Waals surface area contributed by atoms with Gasteiger partial charge < -0.3 is 15.0 Å².